The number of hydrogen-bond donors (Lipinski definition) is 1. The number of amides is 1. The molecule has 1 aromatic heterocycles. The third-order valence-corrected chi connectivity index (χ3v) is 5.46. The summed E-state index contributed by atoms with van der Waals surface area (Å²) in [5.74, 6) is 0.491. The van der Waals surface area contributed by atoms with Crippen LogP contribution in [-0.4, -0.2) is 22.1 Å². The Bertz CT molecular complexity index is 985. The van der Waals surface area contributed by atoms with Crippen molar-refractivity contribution >= 4 is 39.8 Å². The minimum atomic E-state index is -0.250. The standard InChI is InChI=1S/C21H19BrN4OS/c1-14-11-15(2)25-21(24-14)28-13-16-7-9-17(10-8-16)20(27)26-23-12-18-5-3-4-6-19(18)22/h3-12H,13H2,1-2H3,(H,26,27)/b23-12+. The van der Waals surface area contributed by atoms with Gasteiger partial charge in [0, 0.05) is 32.7 Å². The zero-order chi connectivity index (χ0) is 19.9. The maximum Gasteiger partial charge on any atom is 0.271 e. The van der Waals surface area contributed by atoms with Gasteiger partial charge in [0.05, 0.1) is 6.21 Å². The van der Waals surface area contributed by atoms with Crippen molar-refractivity contribution in [1.82, 2.24) is 15.4 Å². The lowest BCUT2D eigenvalue weighted by atomic mass is 10.1. The van der Waals surface area contributed by atoms with Gasteiger partial charge in [0.15, 0.2) is 5.16 Å². The van der Waals surface area contributed by atoms with Gasteiger partial charge in [-0.2, -0.15) is 5.10 Å². The van der Waals surface area contributed by atoms with Gasteiger partial charge in [-0.15, -0.1) is 0 Å². The molecule has 0 saturated carbocycles. The number of halogens is 1. The number of aryl methyl sites for hydroxylation is 2. The minimum Gasteiger partial charge on any atom is -0.267 e. The number of thioether (sulfide) groups is 1. The van der Waals surface area contributed by atoms with Crippen molar-refractivity contribution in [3.63, 3.8) is 0 Å². The van der Waals surface area contributed by atoms with Gasteiger partial charge in [-0.25, -0.2) is 15.4 Å². The van der Waals surface area contributed by atoms with Crippen LogP contribution in [0.3, 0.4) is 0 Å². The van der Waals surface area contributed by atoms with Gasteiger partial charge in [-0.05, 0) is 43.7 Å². The molecule has 28 heavy (non-hydrogen) atoms. The summed E-state index contributed by atoms with van der Waals surface area (Å²) in [7, 11) is 0. The molecular weight excluding hydrogens is 436 g/mol. The maximum atomic E-state index is 12.2. The summed E-state index contributed by atoms with van der Waals surface area (Å²) in [5, 5.41) is 4.78. The van der Waals surface area contributed by atoms with Crippen LogP contribution in [0.2, 0.25) is 0 Å². The lowest BCUT2D eigenvalue weighted by Crippen LogP contribution is -2.17. The first kappa shape index (κ1) is 20.2. The summed E-state index contributed by atoms with van der Waals surface area (Å²) >= 11 is 5.02. The van der Waals surface area contributed by atoms with Crippen LogP contribution in [0.5, 0.6) is 0 Å². The lowest BCUT2D eigenvalue weighted by Gasteiger charge is -2.05. The van der Waals surface area contributed by atoms with Crippen LogP contribution in [0.25, 0.3) is 0 Å². The zero-order valence-corrected chi connectivity index (χ0v) is 17.9. The topological polar surface area (TPSA) is 67.2 Å². The predicted octanol–water partition coefficient (Wildman–Crippen LogP) is 4.91. The van der Waals surface area contributed by atoms with E-state index in [9.17, 15) is 4.79 Å². The minimum absolute atomic E-state index is 0.250. The Morgan fingerprint density at radius 2 is 1.79 bits per heavy atom. The zero-order valence-electron chi connectivity index (χ0n) is 15.5. The molecular formula is C21H19BrN4OS. The van der Waals surface area contributed by atoms with Crippen molar-refractivity contribution in [2.45, 2.75) is 24.8 Å². The third-order valence-electron chi connectivity index (χ3n) is 3.82. The molecule has 7 heteroatoms. The molecule has 0 aliphatic heterocycles. The van der Waals surface area contributed by atoms with Gasteiger partial charge in [0.25, 0.3) is 5.91 Å². The van der Waals surface area contributed by atoms with Crippen molar-refractivity contribution in [2.24, 2.45) is 5.10 Å². The maximum absolute atomic E-state index is 12.2. The molecule has 0 unspecified atom stereocenters. The highest BCUT2D eigenvalue weighted by molar-refractivity contribution is 9.10. The molecule has 2 aromatic carbocycles. The smallest absolute Gasteiger partial charge is 0.267 e. The van der Waals surface area contributed by atoms with Crippen molar-refractivity contribution in [3.8, 4) is 0 Å². The number of aromatic nitrogens is 2. The Kier molecular flexibility index (Phi) is 6.95. The number of benzene rings is 2. The van der Waals surface area contributed by atoms with Crippen molar-refractivity contribution in [2.75, 3.05) is 0 Å². The summed E-state index contributed by atoms with van der Waals surface area (Å²) in [6.07, 6.45) is 1.61. The van der Waals surface area contributed by atoms with Gasteiger partial charge < -0.3 is 0 Å². The molecule has 0 fully saturated rings. The van der Waals surface area contributed by atoms with Crippen LogP contribution in [0, 0.1) is 13.8 Å². The molecule has 3 aromatic rings. The van der Waals surface area contributed by atoms with Gasteiger partial charge in [0.1, 0.15) is 0 Å². The van der Waals surface area contributed by atoms with E-state index in [1.807, 2.05) is 56.3 Å². The number of nitrogens with zero attached hydrogens (tertiary/aromatic N) is 3. The number of rotatable bonds is 6. The molecule has 0 bridgehead atoms. The van der Waals surface area contributed by atoms with E-state index in [1.54, 1.807) is 30.1 Å². The number of hydrazone groups is 1. The SMILES string of the molecule is Cc1cc(C)nc(SCc2ccc(C(=O)N/N=C/c3ccccc3Br)cc2)n1. The molecule has 3 rings (SSSR count). The van der Waals surface area contributed by atoms with Gasteiger partial charge in [-0.3, -0.25) is 4.79 Å². The van der Waals surface area contributed by atoms with E-state index < -0.39 is 0 Å². The van der Waals surface area contributed by atoms with Crippen molar-refractivity contribution < 1.29 is 4.79 Å². The monoisotopic (exact) mass is 454 g/mol. The van der Waals surface area contributed by atoms with Crippen molar-refractivity contribution in [3.05, 3.63) is 87.1 Å². The highest BCUT2D eigenvalue weighted by Crippen LogP contribution is 2.20. The van der Waals surface area contributed by atoms with E-state index in [4.69, 9.17) is 0 Å². The average molecular weight is 455 g/mol. The molecule has 1 heterocycles. The number of hydrogen-bond acceptors (Lipinski definition) is 5. The fourth-order valence-electron chi connectivity index (χ4n) is 2.46. The summed E-state index contributed by atoms with van der Waals surface area (Å²) in [5.41, 5.74) is 7.02. The predicted molar refractivity (Wildman–Crippen MR) is 117 cm³/mol. The van der Waals surface area contributed by atoms with E-state index in [2.05, 4.69) is 36.4 Å². The third kappa shape index (κ3) is 5.74. The van der Waals surface area contributed by atoms with Crippen LogP contribution in [0.1, 0.15) is 32.9 Å². The quantitative estimate of drug-likeness (QED) is 0.248. The second-order valence-corrected chi connectivity index (χ2v) is 7.94. The Balaban J connectivity index is 1.56. The molecule has 1 N–H and O–H groups in total. The number of nitrogens with one attached hydrogen (secondary N) is 1. The van der Waals surface area contributed by atoms with Crippen molar-refractivity contribution in [1.29, 1.82) is 0 Å². The van der Waals surface area contributed by atoms with E-state index in [0.29, 0.717) is 5.56 Å². The Hall–Kier alpha value is -2.51. The fourth-order valence-corrected chi connectivity index (χ4v) is 3.76. The molecule has 0 aliphatic carbocycles. The molecule has 0 spiro atoms. The Labute approximate surface area is 176 Å². The molecule has 0 saturated heterocycles. The number of carbonyl (C=O) groups is 1. The summed E-state index contributed by atoms with van der Waals surface area (Å²) in [6, 6.07) is 17.1. The molecule has 0 radical (unpaired) electrons. The van der Waals surface area contributed by atoms with E-state index in [-0.39, 0.29) is 5.91 Å². The van der Waals surface area contributed by atoms with Crippen LogP contribution in [0.4, 0.5) is 0 Å². The summed E-state index contributed by atoms with van der Waals surface area (Å²) < 4.78 is 0.919. The fraction of sp³-hybridized carbons (Fsp3) is 0.143. The first-order valence-corrected chi connectivity index (χ1v) is 10.4. The Morgan fingerprint density at radius 1 is 1.11 bits per heavy atom. The molecule has 5 nitrogen and oxygen atoms in total. The largest absolute Gasteiger partial charge is 0.271 e. The van der Waals surface area contributed by atoms with Gasteiger partial charge >= 0.3 is 0 Å². The number of carbonyl (C=O) groups excluding carboxylic acids is 1. The van der Waals surface area contributed by atoms with Gasteiger partial charge in [-0.1, -0.05) is 58.0 Å². The first-order chi connectivity index (χ1) is 13.5. The molecule has 0 atom stereocenters. The normalized spacial score (nSPS) is 11.0. The van der Waals surface area contributed by atoms with Gasteiger partial charge in [0.2, 0.25) is 0 Å². The highest BCUT2D eigenvalue weighted by Gasteiger charge is 2.06. The van der Waals surface area contributed by atoms with Crippen LogP contribution < -0.4 is 5.43 Å². The molecule has 1 amide bonds. The van der Waals surface area contributed by atoms with Crippen LogP contribution in [-0.2, 0) is 5.75 Å². The van der Waals surface area contributed by atoms with E-state index >= 15 is 0 Å². The summed E-state index contributed by atoms with van der Waals surface area (Å²) in [4.78, 5) is 21.1. The van der Waals surface area contributed by atoms with Crippen LogP contribution >= 0.6 is 27.7 Å². The second kappa shape index (κ2) is 9.61. The molecule has 142 valence electrons. The Morgan fingerprint density at radius 3 is 2.46 bits per heavy atom. The molecule has 0 aliphatic rings. The average Bonchev–Trinajstić information content (AvgIpc) is 2.67. The first-order valence-electron chi connectivity index (χ1n) is 8.63. The van der Waals surface area contributed by atoms with E-state index in [1.165, 1.54) is 0 Å². The van der Waals surface area contributed by atoms with Crippen LogP contribution in [0.15, 0.2) is 69.3 Å². The lowest BCUT2D eigenvalue weighted by molar-refractivity contribution is 0.0955. The summed E-state index contributed by atoms with van der Waals surface area (Å²) in [6.45, 7) is 3.93. The second-order valence-electron chi connectivity index (χ2n) is 6.14. The highest BCUT2D eigenvalue weighted by atomic mass is 79.9. The van der Waals surface area contributed by atoms with E-state index in [0.717, 1.165) is 37.9 Å².